The van der Waals surface area contributed by atoms with Gasteiger partial charge in [-0.15, -0.1) is 0 Å². The molecular formula is C20H25F4N3O3. The molecule has 1 unspecified atom stereocenters. The minimum Gasteiger partial charge on any atom is -0.447 e. The van der Waals surface area contributed by atoms with Gasteiger partial charge in [0, 0.05) is 19.1 Å². The van der Waals surface area contributed by atoms with Crippen LogP contribution in [0.3, 0.4) is 0 Å². The molecule has 0 bridgehead atoms. The number of halogens is 4. The zero-order valence-corrected chi connectivity index (χ0v) is 16.7. The molecule has 1 aromatic carbocycles. The van der Waals surface area contributed by atoms with E-state index in [2.05, 4.69) is 12.2 Å². The maximum absolute atomic E-state index is 14.0. The molecule has 166 valence electrons. The molecule has 2 fully saturated rings. The van der Waals surface area contributed by atoms with Crippen molar-refractivity contribution in [3.8, 4) is 0 Å². The van der Waals surface area contributed by atoms with Crippen LogP contribution in [-0.4, -0.2) is 53.7 Å². The van der Waals surface area contributed by atoms with Crippen molar-refractivity contribution in [3.63, 3.8) is 0 Å². The SMILES string of the molecule is CCCCC1COC(=O)N1C1CCN(C(=O)Nc2c(F)cccc2C(F)(F)F)CC1. The van der Waals surface area contributed by atoms with Gasteiger partial charge in [-0.05, 0) is 31.4 Å². The number of para-hydroxylation sites is 1. The monoisotopic (exact) mass is 431 g/mol. The fraction of sp³-hybridized carbons (Fsp3) is 0.600. The maximum atomic E-state index is 14.0. The van der Waals surface area contributed by atoms with E-state index in [1.54, 1.807) is 4.90 Å². The first-order valence-corrected chi connectivity index (χ1v) is 10.1. The third-order valence-corrected chi connectivity index (χ3v) is 5.59. The number of likely N-dealkylation sites (tertiary alicyclic amines) is 1. The first-order chi connectivity index (χ1) is 14.2. The van der Waals surface area contributed by atoms with Gasteiger partial charge in [-0.25, -0.2) is 14.0 Å². The Balaban J connectivity index is 1.62. The third-order valence-electron chi connectivity index (χ3n) is 5.59. The summed E-state index contributed by atoms with van der Waals surface area (Å²) in [5, 5.41) is 2.07. The van der Waals surface area contributed by atoms with Crippen LogP contribution in [0, 0.1) is 5.82 Å². The topological polar surface area (TPSA) is 61.9 Å². The van der Waals surface area contributed by atoms with Gasteiger partial charge in [0.2, 0.25) is 0 Å². The highest BCUT2D eigenvalue weighted by molar-refractivity contribution is 5.90. The van der Waals surface area contributed by atoms with Crippen molar-refractivity contribution in [2.75, 3.05) is 25.0 Å². The molecule has 2 aliphatic rings. The average molecular weight is 431 g/mol. The summed E-state index contributed by atoms with van der Waals surface area (Å²) in [6, 6.07) is 1.66. The van der Waals surface area contributed by atoms with Gasteiger partial charge in [0.25, 0.3) is 0 Å². The molecule has 2 saturated heterocycles. The van der Waals surface area contributed by atoms with Crippen molar-refractivity contribution in [2.24, 2.45) is 0 Å². The highest BCUT2D eigenvalue weighted by Gasteiger charge is 2.40. The number of amides is 3. The Kier molecular flexibility index (Phi) is 6.72. The molecule has 0 aromatic heterocycles. The van der Waals surface area contributed by atoms with Gasteiger partial charge >= 0.3 is 18.3 Å². The van der Waals surface area contributed by atoms with Crippen LogP contribution in [-0.2, 0) is 10.9 Å². The second-order valence-corrected chi connectivity index (χ2v) is 7.59. The molecule has 0 radical (unpaired) electrons. The Morgan fingerprint density at radius 2 is 1.97 bits per heavy atom. The predicted octanol–water partition coefficient (Wildman–Crippen LogP) is 4.85. The molecule has 0 spiro atoms. The van der Waals surface area contributed by atoms with Gasteiger partial charge in [-0.2, -0.15) is 13.2 Å². The van der Waals surface area contributed by atoms with Crippen LogP contribution in [0.5, 0.6) is 0 Å². The summed E-state index contributed by atoms with van der Waals surface area (Å²) in [5.41, 5.74) is -2.11. The zero-order valence-electron chi connectivity index (χ0n) is 16.7. The van der Waals surface area contributed by atoms with Gasteiger partial charge in [-0.1, -0.05) is 25.8 Å². The van der Waals surface area contributed by atoms with Crippen LogP contribution in [0.1, 0.15) is 44.6 Å². The number of urea groups is 1. The standard InChI is InChI=1S/C20H25F4N3O3/c1-2-3-5-14-12-30-19(29)27(14)13-8-10-26(11-9-13)18(28)25-17-15(20(22,23)24)6-4-7-16(17)21/h4,6-7,13-14H,2-3,5,8-12H2,1H3,(H,25,28). The number of benzene rings is 1. The molecule has 3 amide bonds. The Morgan fingerprint density at radius 1 is 1.27 bits per heavy atom. The van der Waals surface area contributed by atoms with E-state index < -0.39 is 29.3 Å². The Morgan fingerprint density at radius 3 is 2.60 bits per heavy atom. The summed E-state index contributed by atoms with van der Waals surface area (Å²) >= 11 is 0. The van der Waals surface area contributed by atoms with Crippen LogP contribution in [0.25, 0.3) is 0 Å². The van der Waals surface area contributed by atoms with Gasteiger partial charge in [0.1, 0.15) is 12.4 Å². The number of nitrogens with one attached hydrogen (secondary N) is 1. The average Bonchev–Trinajstić information content (AvgIpc) is 3.07. The molecule has 1 atom stereocenters. The number of alkyl halides is 3. The molecule has 1 N–H and O–H groups in total. The lowest BCUT2D eigenvalue weighted by Crippen LogP contribution is -2.50. The maximum Gasteiger partial charge on any atom is 0.418 e. The van der Waals surface area contributed by atoms with Gasteiger partial charge in [0.05, 0.1) is 17.3 Å². The molecule has 30 heavy (non-hydrogen) atoms. The number of hydrogen-bond acceptors (Lipinski definition) is 3. The normalized spacial score (nSPS) is 20.4. The van der Waals surface area contributed by atoms with E-state index in [4.69, 9.17) is 4.74 Å². The number of piperidine rings is 1. The number of carbonyl (C=O) groups is 2. The summed E-state index contributed by atoms with van der Waals surface area (Å²) in [7, 11) is 0. The Labute approximate surface area is 172 Å². The van der Waals surface area contributed by atoms with E-state index in [0.29, 0.717) is 19.4 Å². The minimum atomic E-state index is -4.79. The number of unbranched alkanes of at least 4 members (excludes halogenated alkanes) is 1. The third kappa shape index (κ3) is 4.79. The lowest BCUT2D eigenvalue weighted by Gasteiger charge is -2.37. The fourth-order valence-electron chi connectivity index (χ4n) is 4.00. The van der Waals surface area contributed by atoms with Crippen LogP contribution in [0.4, 0.5) is 32.8 Å². The Bertz CT molecular complexity index is 779. The summed E-state index contributed by atoms with van der Waals surface area (Å²) in [6.45, 7) is 2.92. The molecule has 3 rings (SSSR count). The lowest BCUT2D eigenvalue weighted by molar-refractivity contribution is -0.137. The highest BCUT2D eigenvalue weighted by Crippen LogP contribution is 2.36. The van der Waals surface area contributed by atoms with E-state index in [0.717, 1.165) is 37.5 Å². The highest BCUT2D eigenvalue weighted by atomic mass is 19.4. The summed E-state index contributed by atoms with van der Waals surface area (Å²) in [6.07, 6.45) is -1.36. The number of carbonyl (C=O) groups excluding carboxylic acids is 2. The van der Waals surface area contributed by atoms with Gasteiger partial charge < -0.3 is 15.0 Å². The summed E-state index contributed by atoms with van der Waals surface area (Å²) < 4.78 is 58.5. The second-order valence-electron chi connectivity index (χ2n) is 7.59. The van der Waals surface area contributed by atoms with E-state index in [1.165, 1.54) is 4.90 Å². The first-order valence-electron chi connectivity index (χ1n) is 10.1. The lowest BCUT2D eigenvalue weighted by atomic mass is 10.0. The molecular weight excluding hydrogens is 406 g/mol. The molecule has 0 aliphatic carbocycles. The molecule has 2 heterocycles. The number of anilines is 1. The fourth-order valence-corrected chi connectivity index (χ4v) is 4.00. The van der Waals surface area contributed by atoms with Crippen molar-refractivity contribution in [3.05, 3.63) is 29.6 Å². The first kappa shape index (κ1) is 22.2. The summed E-state index contributed by atoms with van der Waals surface area (Å²) in [4.78, 5) is 27.7. The van der Waals surface area contributed by atoms with Crippen molar-refractivity contribution >= 4 is 17.8 Å². The molecule has 1 aromatic rings. The second kappa shape index (κ2) is 9.09. The summed E-state index contributed by atoms with van der Waals surface area (Å²) in [5.74, 6) is -1.15. The largest absolute Gasteiger partial charge is 0.447 e. The number of ether oxygens (including phenoxy) is 1. The number of hydrogen-bond donors (Lipinski definition) is 1. The van der Waals surface area contributed by atoms with E-state index in [9.17, 15) is 27.2 Å². The van der Waals surface area contributed by atoms with E-state index >= 15 is 0 Å². The molecule has 10 heteroatoms. The van der Waals surface area contributed by atoms with Gasteiger partial charge in [-0.3, -0.25) is 4.90 Å². The van der Waals surface area contributed by atoms with Crippen molar-refractivity contribution in [1.29, 1.82) is 0 Å². The van der Waals surface area contributed by atoms with Crippen LogP contribution >= 0.6 is 0 Å². The number of cyclic esters (lactones) is 1. The van der Waals surface area contributed by atoms with Crippen LogP contribution < -0.4 is 5.32 Å². The van der Waals surface area contributed by atoms with E-state index in [1.807, 2.05) is 0 Å². The number of rotatable bonds is 5. The van der Waals surface area contributed by atoms with Crippen molar-refractivity contribution in [2.45, 2.75) is 57.3 Å². The van der Waals surface area contributed by atoms with Crippen LogP contribution in [0.15, 0.2) is 18.2 Å². The van der Waals surface area contributed by atoms with Crippen molar-refractivity contribution in [1.82, 2.24) is 9.80 Å². The zero-order chi connectivity index (χ0) is 21.9. The Hall–Kier alpha value is -2.52. The number of nitrogens with zero attached hydrogens (tertiary/aromatic N) is 2. The van der Waals surface area contributed by atoms with E-state index in [-0.39, 0.29) is 31.3 Å². The quantitative estimate of drug-likeness (QED) is 0.678. The minimum absolute atomic E-state index is 0.00980. The molecule has 0 saturated carbocycles. The van der Waals surface area contributed by atoms with Crippen molar-refractivity contribution < 1.29 is 31.9 Å². The van der Waals surface area contributed by atoms with Crippen LogP contribution in [0.2, 0.25) is 0 Å². The molecule has 2 aliphatic heterocycles. The smallest absolute Gasteiger partial charge is 0.418 e. The van der Waals surface area contributed by atoms with Gasteiger partial charge in [0.15, 0.2) is 0 Å². The molecule has 6 nitrogen and oxygen atoms in total. The predicted molar refractivity (Wildman–Crippen MR) is 102 cm³/mol.